The molecule has 0 radical (unpaired) electrons. The van der Waals surface area contributed by atoms with Crippen LogP contribution in [0.15, 0.2) is 24.3 Å². The molecule has 1 aromatic carbocycles. The van der Waals surface area contributed by atoms with Gasteiger partial charge in [0.25, 0.3) is 0 Å². The number of rotatable bonds is 4. The predicted molar refractivity (Wildman–Crippen MR) is 99.5 cm³/mol. The van der Waals surface area contributed by atoms with Crippen LogP contribution >= 0.6 is 0 Å². The highest BCUT2D eigenvalue weighted by atomic mass is 15.2. The second kappa shape index (κ2) is 7.34. The lowest BCUT2D eigenvalue weighted by Crippen LogP contribution is -2.35. The third-order valence-electron chi connectivity index (χ3n) is 5.22. The highest BCUT2D eigenvalue weighted by molar-refractivity contribution is 5.90. The number of para-hydroxylation sites is 1. The molecule has 2 aromatic rings. The normalized spacial score (nSPS) is 20.2. The number of benzene rings is 1. The van der Waals surface area contributed by atoms with Crippen LogP contribution in [0.25, 0.3) is 10.9 Å². The largest absolute Gasteiger partial charge is 0.367 e. The number of hydrogen-bond acceptors (Lipinski definition) is 5. The minimum Gasteiger partial charge on any atom is -0.367 e. The van der Waals surface area contributed by atoms with Crippen molar-refractivity contribution in [2.75, 3.05) is 23.7 Å². The van der Waals surface area contributed by atoms with Crippen LogP contribution < -0.4 is 16.0 Å². The van der Waals surface area contributed by atoms with E-state index in [1.165, 1.54) is 32.1 Å². The van der Waals surface area contributed by atoms with Gasteiger partial charge in [-0.2, -0.15) is 4.98 Å². The first-order valence-corrected chi connectivity index (χ1v) is 9.39. The second-order valence-electron chi connectivity index (χ2n) is 7.06. The molecule has 128 valence electrons. The molecule has 0 spiro atoms. The van der Waals surface area contributed by atoms with E-state index < -0.39 is 0 Å². The van der Waals surface area contributed by atoms with Crippen molar-refractivity contribution in [3.05, 3.63) is 24.3 Å². The smallest absolute Gasteiger partial charge is 0.225 e. The minimum absolute atomic E-state index is 0.468. The summed E-state index contributed by atoms with van der Waals surface area (Å²) in [7, 11) is 0. The van der Waals surface area contributed by atoms with Gasteiger partial charge in [0.05, 0.1) is 5.52 Å². The SMILES string of the molecule is c1ccc2c(NC3CCCCC3)nc(NC3CCNCC3)nc2c1. The lowest BCUT2D eigenvalue weighted by Gasteiger charge is -2.26. The number of piperidine rings is 1. The Balaban J connectivity index is 1.60. The number of anilines is 2. The van der Waals surface area contributed by atoms with Crippen LogP contribution in [0.5, 0.6) is 0 Å². The van der Waals surface area contributed by atoms with Crippen molar-refractivity contribution in [3.8, 4) is 0 Å². The maximum Gasteiger partial charge on any atom is 0.225 e. The molecule has 2 aliphatic rings. The molecule has 0 amide bonds. The van der Waals surface area contributed by atoms with E-state index in [1.807, 2.05) is 6.07 Å². The van der Waals surface area contributed by atoms with Crippen molar-refractivity contribution in [2.45, 2.75) is 57.0 Å². The average Bonchev–Trinajstić information content (AvgIpc) is 2.63. The monoisotopic (exact) mass is 325 g/mol. The number of nitrogens with zero attached hydrogens (tertiary/aromatic N) is 2. The first-order chi connectivity index (χ1) is 11.9. The first kappa shape index (κ1) is 15.6. The number of hydrogen-bond donors (Lipinski definition) is 3. The van der Waals surface area contributed by atoms with E-state index in [2.05, 4.69) is 34.1 Å². The Morgan fingerprint density at radius 2 is 1.58 bits per heavy atom. The van der Waals surface area contributed by atoms with Crippen LogP contribution in [0.4, 0.5) is 11.8 Å². The van der Waals surface area contributed by atoms with E-state index in [0.717, 1.165) is 48.6 Å². The fourth-order valence-electron chi connectivity index (χ4n) is 3.84. The topological polar surface area (TPSA) is 61.9 Å². The van der Waals surface area contributed by atoms with Crippen molar-refractivity contribution in [1.29, 1.82) is 0 Å². The zero-order valence-corrected chi connectivity index (χ0v) is 14.2. The molecule has 4 rings (SSSR count). The zero-order chi connectivity index (χ0) is 16.2. The minimum atomic E-state index is 0.468. The van der Waals surface area contributed by atoms with Crippen LogP contribution in [0.2, 0.25) is 0 Å². The molecule has 1 saturated carbocycles. The van der Waals surface area contributed by atoms with Crippen molar-refractivity contribution in [2.24, 2.45) is 0 Å². The molecule has 2 fully saturated rings. The van der Waals surface area contributed by atoms with E-state index in [9.17, 15) is 0 Å². The van der Waals surface area contributed by atoms with Crippen LogP contribution in [0.1, 0.15) is 44.9 Å². The predicted octanol–water partition coefficient (Wildman–Crippen LogP) is 3.54. The van der Waals surface area contributed by atoms with Crippen LogP contribution in [0.3, 0.4) is 0 Å². The van der Waals surface area contributed by atoms with E-state index in [1.54, 1.807) is 0 Å². The number of aromatic nitrogens is 2. The van der Waals surface area contributed by atoms with Crippen molar-refractivity contribution in [3.63, 3.8) is 0 Å². The lowest BCUT2D eigenvalue weighted by molar-refractivity contribution is 0.462. The van der Waals surface area contributed by atoms with Gasteiger partial charge in [0.2, 0.25) is 5.95 Å². The molecular formula is C19H27N5. The molecule has 1 aromatic heterocycles. The van der Waals surface area contributed by atoms with Gasteiger partial charge in [-0.05, 0) is 50.9 Å². The van der Waals surface area contributed by atoms with Gasteiger partial charge in [0, 0.05) is 17.5 Å². The molecule has 5 nitrogen and oxygen atoms in total. The summed E-state index contributed by atoms with van der Waals surface area (Å²) < 4.78 is 0. The average molecular weight is 325 g/mol. The van der Waals surface area contributed by atoms with Gasteiger partial charge >= 0.3 is 0 Å². The van der Waals surface area contributed by atoms with Gasteiger partial charge in [-0.25, -0.2) is 4.98 Å². The standard InChI is InChI=1S/C19H27N5/c1-2-6-14(7-3-1)21-18-16-8-4-5-9-17(16)23-19(24-18)22-15-10-12-20-13-11-15/h4-5,8-9,14-15,20H,1-3,6-7,10-13H2,(H2,21,22,23,24). The van der Waals surface area contributed by atoms with Gasteiger partial charge in [-0.15, -0.1) is 0 Å². The van der Waals surface area contributed by atoms with Gasteiger partial charge in [0.1, 0.15) is 5.82 Å². The fourth-order valence-corrected chi connectivity index (χ4v) is 3.84. The molecule has 5 heteroatoms. The molecule has 0 unspecified atom stereocenters. The Hall–Kier alpha value is -1.88. The summed E-state index contributed by atoms with van der Waals surface area (Å²) in [6.07, 6.45) is 8.75. The molecule has 3 N–H and O–H groups in total. The van der Waals surface area contributed by atoms with Crippen molar-refractivity contribution in [1.82, 2.24) is 15.3 Å². The molecule has 1 saturated heterocycles. The number of fused-ring (bicyclic) bond motifs is 1. The molecule has 1 aliphatic heterocycles. The summed E-state index contributed by atoms with van der Waals surface area (Å²) in [5, 5.41) is 11.8. The zero-order valence-electron chi connectivity index (χ0n) is 14.2. The van der Waals surface area contributed by atoms with Gasteiger partial charge in [-0.1, -0.05) is 31.4 Å². The van der Waals surface area contributed by atoms with Crippen LogP contribution in [0, 0.1) is 0 Å². The quantitative estimate of drug-likeness (QED) is 0.802. The summed E-state index contributed by atoms with van der Waals surface area (Å²) in [5.74, 6) is 1.75. The molecule has 24 heavy (non-hydrogen) atoms. The Bertz CT molecular complexity index is 675. The summed E-state index contributed by atoms with van der Waals surface area (Å²) in [5.41, 5.74) is 1.02. The van der Waals surface area contributed by atoms with E-state index >= 15 is 0 Å². The molecular weight excluding hydrogens is 298 g/mol. The van der Waals surface area contributed by atoms with E-state index in [-0.39, 0.29) is 0 Å². The van der Waals surface area contributed by atoms with E-state index in [0.29, 0.717) is 12.1 Å². The summed E-state index contributed by atoms with van der Waals surface area (Å²) >= 11 is 0. The first-order valence-electron chi connectivity index (χ1n) is 9.39. The third-order valence-corrected chi connectivity index (χ3v) is 5.22. The lowest BCUT2D eigenvalue weighted by atomic mass is 9.95. The second-order valence-corrected chi connectivity index (χ2v) is 7.06. The maximum absolute atomic E-state index is 4.84. The maximum atomic E-state index is 4.84. The Morgan fingerprint density at radius 1 is 0.833 bits per heavy atom. The summed E-state index contributed by atoms with van der Waals surface area (Å²) in [4.78, 5) is 9.58. The van der Waals surface area contributed by atoms with E-state index in [4.69, 9.17) is 9.97 Å². The van der Waals surface area contributed by atoms with Gasteiger partial charge in [0.15, 0.2) is 0 Å². The molecule has 0 bridgehead atoms. The van der Waals surface area contributed by atoms with Crippen molar-refractivity contribution < 1.29 is 0 Å². The Morgan fingerprint density at radius 3 is 2.42 bits per heavy atom. The van der Waals surface area contributed by atoms with Crippen LogP contribution in [-0.2, 0) is 0 Å². The third kappa shape index (κ3) is 3.61. The van der Waals surface area contributed by atoms with Gasteiger partial charge < -0.3 is 16.0 Å². The fraction of sp³-hybridized carbons (Fsp3) is 0.579. The summed E-state index contributed by atoms with van der Waals surface area (Å²) in [6, 6.07) is 9.33. The number of nitrogens with one attached hydrogen (secondary N) is 3. The van der Waals surface area contributed by atoms with Crippen molar-refractivity contribution >= 4 is 22.7 Å². The van der Waals surface area contributed by atoms with Crippen LogP contribution in [-0.4, -0.2) is 35.1 Å². The Kier molecular flexibility index (Phi) is 4.78. The van der Waals surface area contributed by atoms with Gasteiger partial charge in [-0.3, -0.25) is 0 Å². The summed E-state index contributed by atoms with van der Waals surface area (Å²) in [6.45, 7) is 2.14. The Labute approximate surface area is 143 Å². The highest BCUT2D eigenvalue weighted by Gasteiger charge is 2.18. The highest BCUT2D eigenvalue weighted by Crippen LogP contribution is 2.27. The molecule has 2 heterocycles. The molecule has 1 aliphatic carbocycles. The molecule has 0 atom stereocenters.